The SMILES string of the molecule is Cc1ncc(CC(C(=O)O)c2ccc(F)cc2)s1. The van der Waals surface area contributed by atoms with E-state index in [0.717, 1.165) is 9.88 Å². The van der Waals surface area contributed by atoms with Gasteiger partial charge in [0.05, 0.1) is 10.9 Å². The van der Waals surface area contributed by atoms with E-state index < -0.39 is 11.9 Å². The molecule has 1 N–H and O–H groups in total. The van der Waals surface area contributed by atoms with Crippen LogP contribution in [-0.2, 0) is 11.2 Å². The van der Waals surface area contributed by atoms with Crippen molar-refractivity contribution in [2.24, 2.45) is 0 Å². The summed E-state index contributed by atoms with van der Waals surface area (Å²) in [5.41, 5.74) is 0.606. The lowest BCUT2D eigenvalue weighted by molar-refractivity contribution is -0.138. The number of aliphatic carboxylic acids is 1. The number of nitrogens with zero attached hydrogens (tertiary/aromatic N) is 1. The van der Waals surface area contributed by atoms with Crippen LogP contribution >= 0.6 is 11.3 Å². The average Bonchev–Trinajstić information content (AvgIpc) is 2.73. The number of carboxylic acids is 1. The van der Waals surface area contributed by atoms with Gasteiger partial charge in [0.1, 0.15) is 5.82 Å². The molecule has 1 heterocycles. The van der Waals surface area contributed by atoms with Crippen LogP contribution in [0.1, 0.15) is 21.4 Å². The monoisotopic (exact) mass is 265 g/mol. The minimum absolute atomic E-state index is 0.364. The normalized spacial score (nSPS) is 12.3. The molecule has 0 bridgehead atoms. The van der Waals surface area contributed by atoms with Gasteiger partial charge < -0.3 is 5.11 Å². The molecule has 0 spiro atoms. The Labute approximate surface area is 108 Å². The van der Waals surface area contributed by atoms with E-state index in [4.69, 9.17) is 0 Å². The van der Waals surface area contributed by atoms with E-state index in [2.05, 4.69) is 4.98 Å². The minimum atomic E-state index is -0.910. The van der Waals surface area contributed by atoms with Gasteiger partial charge in [-0.05, 0) is 24.6 Å². The van der Waals surface area contributed by atoms with Crippen molar-refractivity contribution in [2.45, 2.75) is 19.3 Å². The quantitative estimate of drug-likeness (QED) is 0.924. The van der Waals surface area contributed by atoms with Crippen molar-refractivity contribution in [1.82, 2.24) is 4.98 Å². The Morgan fingerprint density at radius 1 is 1.44 bits per heavy atom. The van der Waals surface area contributed by atoms with Gasteiger partial charge in [-0.1, -0.05) is 12.1 Å². The Morgan fingerprint density at radius 3 is 2.61 bits per heavy atom. The van der Waals surface area contributed by atoms with Crippen LogP contribution in [0.3, 0.4) is 0 Å². The molecule has 0 saturated carbocycles. The minimum Gasteiger partial charge on any atom is -0.481 e. The molecule has 0 aliphatic carbocycles. The largest absolute Gasteiger partial charge is 0.481 e. The number of aryl methyl sites for hydroxylation is 1. The van der Waals surface area contributed by atoms with Crippen molar-refractivity contribution in [3.05, 3.63) is 51.7 Å². The lowest BCUT2D eigenvalue weighted by atomic mass is 9.95. The van der Waals surface area contributed by atoms with Crippen LogP contribution in [0, 0.1) is 12.7 Å². The Hall–Kier alpha value is -1.75. The summed E-state index contributed by atoms with van der Waals surface area (Å²) in [6, 6.07) is 5.59. The van der Waals surface area contributed by atoms with Crippen LogP contribution in [-0.4, -0.2) is 16.1 Å². The lowest BCUT2D eigenvalue weighted by Crippen LogP contribution is -2.13. The molecule has 1 atom stereocenters. The molecule has 0 fully saturated rings. The van der Waals surface area contributed by atoms with Crippen LogP contribution in [0.5, 0.6) is 0 Å². The highest BCUT2D eigenvalue weighted by molar-refractivity contribution is 7.11. The Bertz CT molecular complexity index is 550. The zero-order valence-electron chi connectivity index (χ0n) is 9.76. The summed E-state index contributed by atoms with van der Waals surface area (Å²) < 4.78 is 12.8. The third kappa shape index (κ3) is 2.92. The molecule has 3 nitrogen and oxygen atoms in total. The van der Waals surface area contributed by atoms with E-state index in [1.165, 1.54) is 35.6 Å². The molecule has 94 valence electrons. The van der Waals surface area contributed by atoms with Crippen LogP contribution in [0.4, 0.5) is 4.39 Å². The summed E-state index contributed by atoms with van der Waals surface area (Å²) in [6.07, 6.45) is 2.08. The number of halogens is 1. The molecular weight excluding hydrogens is 253 g/mol. The number of carboxylic acid groups (broad SMARTS) is 1. The van der Waals surface area contributed by atoms with Crippen LogP contribution < -0.4 is 0 Å². The van der Waals surface area contributed by atoms with Gasteiger partial charge in [0, 0.05) is 17.5 Å². The van der Waals surface area contributed by atoms with Gasteiger partial charge in [-0.3, -0.25) is 4.79 Å². The highest BCUT2D eigenvalue weighted by atomic mass is 32.1. The van der Waals surface area contributed by atoms with E-state index in [0.29, 0.717) is 12.0 Å². The highest BCUT2D eigenvalue weighted by Crippen LogP contribution is 2.24. The molecule has 1 aromatic heterocycles. The van der Waals surface area contributed by atoms with Gasteiger partial charge >= 0.3 is 5.97 Å². The third-order valence-corrected chi connectivity index (χ3v) is 3.58. The fourth-order valence-corrected chi connectivity index (χ4v) is 2.58. The van der Waals surface area contributed by atoms with Crippen molar-refractivity contribution in [3.63, 3.8) is 0 Å². The number of hydrogen-bond donors (Lipinski definition) is 1. The zero-order valence-corrected chi connectivity index (χ0v) is 10.6. The van der Waals surface area contributed by atoms with Crippen LogP contribution in [0.15, 0.2) is 30.5 Å². The van der Waals surface area contributed by atoms with Crippen molar-refractivity contribution in [3.8, 4) is 0 Å². The van der Waals surface area contributed by atoms with Crippen molar-refractivity contribution < 1.29 is 14.3 Å². The van der Waals surface area contributed by atoms with Gasteiger partial charge in [-0.2, -0.15) is 0 Å². The molecule has 2 rings (SSSR count). The number of benzene rings is 1. The van der Waals surface area contributed by atoms with Crippen molar-refractivity contribution >= 4 is 17.3 Å². The van der Waals surface area contributed by atoms with Gasteiger partial charge in [0.2, 0.25) is 0 Å². The van der Waals surface area contributed by atoms with E-state index in [1.54, 1.807) is 6.20 Å². The first kappa shape index (κ1) is 12.7. The molecule has 0 aliphatic rings. The van der Waals surface area contributed by atoms with Crippen molar-refractivity contribution in [2.75, 3.05) is 0 Å². The summed E-state index contributed by atoms with van der Waals surface area (Å²) >= 11 is 1.48. The molecule has 0 aliphatic heterocycles. The summed E-state index contributed by atoms with van der Waals surface area (Å²) in [5, 5.41) is 10.2. The van der Waals surface area contributed by atoms with E-state index in [-0.39, 0.29) is 5.82 Å². The first-order valence-electron chi connectivity index (χ1n) is 5.46. The maximum atomic E-state index is 12.8. The predicted octanol–water partition coefficient (Wildman–Crippen LogP) is 3.00. The number of hydrogen-bond acceptors (Lipinski definition) is 3. The fraction of sp³-hybridized carbons (Fsp3) is 0.231. The molecule has 0 amide bonds. The maximum Gasteiger partial charge on any atom is 0.311 e. The molecule has 1 aromatic carbocycles. The van der Waals surface area contributed by atoms with Gasteiger partial charge in [-0.15, -0.1) is 11.3 Å². The molecule has 18 heavy (non-hydrogen) atoms. The number of thiazole rings is 1. The van der Waals surface area contributed by atoms with Gasteiger partial charge in [0.15, 0.2) is 0 Å². The number of carbonyl (C=O) groups is 1. The topological polar surface area (TPSA) is 50.2 Å². The van der Waals surface area contributed by atoms with E-state index in [1.807, 2.05) is 6.92 Å². The molecule has 2 aromatic rings. The second kappa shape index (κ2) is 5.27. The summed E-state index contributed by atoms with van der Waals surface area (Å²) in [5.74, 6) is -1.94. The second-order valence-electron chi connectivity index (χ2n) is 3.99. The highest BCUT2D eigenvalue weighted by Gasteiger charge is 2.21. The van der Waals surface area contributed by atoms with Crippen molar-refractivity contribution in [1.29, 1.82) is 0 Å². The first-order valence-corrected chi connectivity index (χ1v) is 6.27. The summed E-state index contributed by atoms with van der Waals surface area (Å²) in [4.78, 5) is 16.3. The first-order chi connectivity index (χ1) is 8.56. The van der Waals surface area contributed by atoms with Crippen LogP contribution in [0.2, 0.25) is 0 Å². The Kier molecular flexibility index (Phi) is 3.72. The maximum absolute atomic E-state index is 12.8. The smallest absolute Gasteiger partial charge is 0.311 e. The molecule has 1 unspecified atom stereocenters. The predicted molar refractivity (Wildman–Crippen MR) is 67.3 cm³/mol. The van der Waals surface area contributed by atoms with Crippen LogP contribution in [0.25, 0.3) is 0 Å². The molecule has 5 heteroatoms. The van der Waals surface area contributed by atoms with E-state index >= 15 is 0 Å². The standard InChI is InChI=1S/C13H12FNO2S/c1-8-15-7-11(18-8)6-12(13(16)17)9-2-4-10(14)5-3-9/h2-5,7,12H,6H2,1H3,(H,16,17). The Balaban J connectivity index is 2.23. The zero-order chi connectivity index (χ0) is 13.1. The van der Waals surface area contributed by atoms with Gasteiger partial charge in [-0.25, -0.2) is 9.37 Å². The third-order valence-electron chi connectivity index (χ3n) is 2.64. The van der Waals surface area contributed by atoms with Gasteiger partial charge in [0.25, 0.3) is 0 Å². The molecule has 0 saturated heterocycles. The Morgan fingerprint density at radius 2 is 2.11 bits per heavy atom. The molecular formula is C13H12FNO2S. The summed E-state index contributed by atoms with van der Waals surface area (Å²) in [7, 11) is 0. The lowest BCUT2D eigenvalue weighted by Gasteiger charge is -2.11. The second-order valence-corrected chi connectivity index (χ2v) is 5.31. The fourth-order valence-electron chi connectivity index (χ4n) is 1.74. The molecule has 0 radical (unpaired) electrons. The average molecular weight is 265 g/mol. The van der Waals surface area contributed by atoms with E-state index in [9.17, 15) is 14.3 Å². The number of rotatable bonds is 4. The summed E-state index contributed by atoms with van der Waals surface area (Å²) in [6.45, 7) is 1.88. The number of aromatic nitrogens is 1.